The molecule has 4 N–H and O–H groups in total. The van der Waals surface area contributed by atoms with Crippen molar-refractivity contribution in [2.24, 2.45) is 11.8 Å². The molecular formula is C32H50N4O8. The monoisotopic (exact) mass is 618 g/mol. The molecule has 0 saturated carbocycles. The zero-order valence-corrected chi connectivity index (χ0v) is 27.2. The van der Waals surface area contributed by atoms with Crippen molar-refractivity contribution in [3.63, 3.8) is 0 Å². The van der Waals surface area contributed by atoms with E-state index in [1.54, 1.807) is 39.8 Å². The van der Waals surface area contributed by atoms with Gasteiger partial charge in [0.15, 0.2) is 0 Å². The van der Waals surface area contributed by atoms with Crippen LogP contribution in [-0.2, 0) is 40.1 Å². The number of hydrogen-bond acceptors (Lipinski definition) is 8. The Kier molecular flexibility index (Phi) is 16.1. The highest BCUT2D eigenvalue weighted by Gasteiger charge is 2.32. The molecule has 0 bridgehead atoms. The number of carbonyl (C=O) groups is 6. The van der Waals surface area contributed by atoms with Crippen LogP contribution in [0.2, 0.25) is 0 Å². The molecule has 44 heavy (non-hydrogen) atoms. The summed E-state index contributed by atoms with van der Waals surface area (Å²) in [7, 11) is 0. The summed E-state index contributed by atoms with van der Waals surface area (Å²) in [6.07, 6.45) is 0.471. The SMILES string of the molecule is CC[C@@H](C)[C@H](NC(=O)OCc1ccccc1)C(=O)N[C@@H](CCC(=O)OC(C)(C)C)C(=O)N[C@@H](C)C(=O)N[C@H](C=O)CC(C)C. The lowest BCUT2D eigenvalue weighted by Crippen LogP contribution is -2.58. The second-order valence-electron chi connectivity index (χ2n) is 12.4. The Labute approximate surface area is 260 Å². The second kappa shape index (κ2) is 18.6. The number of ether oxygens (including phenoxy) is 2. The number of amides is 4. The molecule has 4 amide bonds. The summed E-state index contributed by atoms with van der Waals surface area (Å²) in [5, 5.41) is 10.4. The lowest BCUT2D eigenvalue weighted by Gasteiger charge is -2.27. The topological polar surface area (TPSA) is 169 Å². The van der Waals surface area contributed by atoms with Crippen LogP contribution in [0.5, 0.6) is 0 Å². The number of carbonyl (C=O) groups excluding carboxylic acids is 6. The molecular weight excluding hydrogens is 568 g/mol. The summed E-state index contributed by atoms with van der Waals surface area (Å²) >= 11 is 0. The Hall–Kier alpha value is -3.96. The summed E-state index contributed by atoms with van der Waals surface area (Å²) < 4.78 is 10.6. The molecule has 12 heteroatoms. The highest BCUT2D eigenvalue weighted by atomic mass is 16.6. The van der Waals surface area contributed by atoms with Crippen molar-refractivity contribution in [3.8, 4) is 0 Å². The maximum Gasteiger partial charge on any atom is 0.408 e. The smallest absolute Gasteiger partial charge is 0.408 e. The van der Waals surface area contributed by atoms with E-state index in [1.807, 2.05) is 39.0 Å². The van der Waals surface area contributed by atoms with Crippen LogP contribution in [0, 0.1) is 11.8 Å². The van der Waals surface area contributed by atoms with Gasteiger partial charge in [0.05, 0.1) is 6.04 Å². The Morgan fingerprint density at radius 1 is 0.864 bits per heavy atom. The third-order valence-electron chi connectivity index (χ3n) is 6.64. The first-order valence-electron chi connectivity index (χ1n) is 15.1. The fourth-order valence-electron chi connectivity index (χ4n) is 4.12. The minimum Gasteiger partial charge on any atom is -0.460 e. The lowest BCUT2D eigenvalue weighted by atomic mass is 9.97. The van der Waals surface area contributed by atoms with E-state index in [0.29, 0.717) is 19.1 Å². The molecule has 1 rings (SSSR count). The standard InChI is InChI=1S/C32H50N4O8/c1-9-21(4)27(36-31(42)43-19-23-13-11-10-12-14-23)30(41)35-25(15-16-26(38)44-32(6,7)8)29(40)33-22(5)28(39)34-24(18-37)17-20(2)3/h10-14,18,20-22,24-25,27H,9,15-17,19H2,1-8H3,(H,33,40)(H,34,39)(H,35,41)(H,36,42)/t21-,22+,24+,25+,27+/m1/s1. The predicted octanol–water partition coefficient (Wildman–Crippen LogP) is 3.17. The van der Waals surface area contributed by atoms with Crippen molar-refractivity contribution in [2.75, 3.05) is 0 Å². The van der Waals surface area contributed by atoms with Gasteiger partial charge in [0.25, 0.3) is 0 Å². The average molecular weight is 619 g/mol. The molecule has 0 heterocycles. The first-order valence-corrected chi connectivity index (χ1v) is 15.1. The van der Waals surface area contributed by atoms with Crippen LogP contribution >= 0.6 is 0 Å². The Morgan fingerprint density at radius 2 is 1.50 bits per heavy atom. The molecule has 1 aromatic rings. The molecule has 0 aliphatic carbocycles. The number of alkyl carbamates (subject to hydrolysis) is 1. The third-order valence-corrected chi connectivity index (χ3v) is 6.64. The fourth-order valence-corrected chi connectivity index (χ4v) is 4.12. The van der Waals surface area contributed by atoms with Gasteiger partial charge in [-0.2, -0.15) is 0 Å². The largest absolute Gasteiger partial charge is 0.460 e. The van der Waals surface area contributed by atoms with Gasteiger partial charge in [-0.1, -0.05) is 64.4 Å². The minimum absolute atomic E-state index is 0.00448. The molecule has 0 fully saturated rings. The quantitative estimate of drug-likeness (QED) is 0.152. The average Bonchev–Trinajstić information content (AvgIpc) is 2.95. The Morgan fingerprint density at radius 3 is 2.05 bits per heavy atom. The highest BCUT2D eigenvalue weighted by molar-refractivity contribution is 5.94. The van der Waals surface area contributed by atoms with Gasteiger partial charge in [0.2, 0.25) is 17.7 Å². The number of esters is 1. The molecule has 0 aliphatic rings. The molecule has 0 radical (unpaired) electrons. The zero-order valence-electron chi connectivity index (χ0n) is 27.2. The summed E-state index contributed by atoms with van der Waals surface area (Å²) in [5.41, 5.74) is 0.0227. The van der Waals surface area contributed by atoms with Gasteiger partial charge in [-0.05, 0) is 57.9 Å². The third kappa shape index (κ3) is 15.0. The van der Waals surface area contributed by atoms with E-state index in [9.17, 15) is 28.8 Å². The van der Waals surface area contributed by atoms with E-state index in [1.165, 1.54) is 6.92 Å². The maximum atomic E-state index is 13.5. The first kappa shape index (κ1) is 38.1. The molecule has 1 aromatic carbocycles. The molecule has 0 aliphatic heterocycles. The van der Waals surface area contributed by atoms with Gasteiger partial charge >= 0.3 is 12.1 Å². The number of hydrogen-bond donors (Lipinski definition) is 4. The fraction of sp³-hybridized carbons (Fsp3) is 0.625. The van der Waals surface area contributed by atoms with E-state index in [4.69, 9.17) is 9.47 Å². The summed E-state index contributed by atoms with van der Waals surface area (Å²) in [6.45, 7) is 14.0. The van der Waals surface area contributed by atoms with Crippen LogP contribution in [0.4, 0.5) is 4.79 Å². The molecule has 5 atom stereocenters. The van der Waals surface area contributed by atoms with Crippen molar-refractivity contribution < 1.29 is 38.2 Å². The van der Waals surface area contributed by atoms with Crippen LogP contribution in [0.1, 0.15) is 86.6 Å². The van der Waals surface area contributed by atoms with Gasteiger partial charge < -0.3 is 35.5 Å². The van der Waals surface area contributed by atoms with Crippen molar-refractivity contribution in [1.29, 1.82) is 0 Å². The van der Waals surface area contributed by atoms with Gasteiger partial charge in [-0.15, -0.1) is 0 Å². The summed E-state index contributed by atoms with van der Waals surface area (Å²) in [4.78, 5) is 75.9. The van der Waals surface area contributed by atoms with Crippen LogP contribution in [0.3, 0.4) is 0 Å². The van der Waals surface area contributed by atoms with E-state index >= 15 is 0 Å². The van der Waals surface area contributed by atoms with Gasteiger partial charge in [0.1, 0.15) is 36.6 Å². The number of rotatable bonds is 17. The van der Waals surface area contributed by atoms with E-state index in [-0.39, 0.29) is 31.3 Å². The van der Waals surface area contributed by atoms with Gasteiger partial charge in [0, 0.05) is 6.42 Å². The van der Waals surface area contributed by atoms with E-state index < -0.39 is 59.6 Å². The van der Waals surface area contributed by atoms with Crippen LogP contribution < -0.4 is 21.3 Å². The zero-order chi connectivity index (χ0) is 33.4. The van der Waals surface area contributed by atoms with Crippen molar-refractivity contribution >= 4 is 36.1 Å². The molecule has 0 aromatic heterocycles. The van der Waals surface area contributed by atoms with Crippen molar-refractivity contribution in [3.05, 3.63) is 35.9 Å². The molecule has 0 saturated heterocycles. The number of aldehydes is 1. The molecule has 12 nitrogen and oxygen atoms in total. The van der Waals surface area contributed by atoms with Gasteiger partial charge in [-0.3, -0.25) is 19.2 Å². The molecule has 0 unspecified atom stereocenters. The molecule has 246 valence electrons. The van der Waals surface area contributed by atoms with E-state index in [2.05, 4.69) is 21.3 Å². The Balaban J connectivity index is 3.04. The predicted molar refractivity (Wildman–Crippen MR) is 165 cm³/mol. The van der Waals surface area contributed by atoms with Crippen LogP contribution in [0.15, 0.2) is 30.3 Å². The minimum atomic E-state index is -1.24. The van der Waals surface area contributed by atoms with E-state index in [0.717, 1.165) is 5.56 Å². The van der Waals surface area contributed by atoms with Crippen molar-refractivity contribution in [1.82, 2.24) is 21.3 Å². The van der Waals surface area contributed by atoms with Crippen molar-refractivity contribution in [2.45, 2.75) is 117 Å². The second-order valence-corrected chi connectivity index (χ2v) is 12.4. The summed E-state index contributed by atoms with van der Waals surface area (Å²) in [6, 6.07) is 5.00. The van der Waals surface area contributed by atoms with Crippen LogP contribution in [-0.4, -0.2) is 65.8 Å². The van der Waals surface area contributed by atoms with Gasteiger partial charge in [-0.25, -0.2) is 4.79 Å². The molecule has 0 spiro atoms. The normalized spacial score (nSPS) is 14.7. The summed E-state index contributed by atoms with van der Waals surface area (Å²) in [5.74, 6) is -2.70. The highest BCUT2D eigenvalue weighted by Crippen LogP contribution is 2.13. The number of benzene rings is 1. The first-order chi connectivity index (χ1) is 20.6. The Bertz CT molecular complexity index is 1100. The number of nitrogens with one attached hydrogen (secondary N) is 4. The van der Waals surface area contributed by atoms with Crippen LogP contribution in [0.25, 0.3) is 0 Å². The lowest BCUT2D eigenvalue weighted by molar-refractivity contribution is -0.155. The maximum absolute atomic E-state index is 13.5.